The predicted octanol–water partition coefficient (Wildman–Crippen LogP) is 4.82. The summed E-state index contributed by atoms with van der Waals surface area (Å²) in [6.45, 7) is 4.21. The molecular formula is C27H27F3N4O4. The summed E-state index contributed by atoms with van der Waals surface area (Å²) in [6.07, 6.45) is 1.00. The van der Waals surface area contributed by atoms with Crippen LogP contribution in [0.4, 0.5) is 13.2 Å². The number of likely N-dealkylation sites (tertiary alicyclic amines) is 1. The fraction of sp³-hybridized carbons (Fsp3) is 0.407. The molecule has 0 bridgehead atoms. The number of fused-ring (bicyclic) bond motifs is 4. The molecule has 1 amide bonds. The largest absolute Gasteiger partial charge is 0.490 e. The molecule has 38 heavy (non-hydrogen) atoms. The molecule has 0 radical (unpaired) electrons. The minimum atomic E-state index is -5.08. The van der Waals surface area contributed by atoms with Gasteiger partial charge < -0.3 is 19.3 Å². The number of aromatic nitrogens is 3. The quantitative estimate of drug-likeness (QED) is 0.524. The van der Waals surface area contributed by atoms with Crippen LogP contribution in [0.2, 0.25) is 0 Å². The highest BCUT2D eigenvalue weighted by atomic mass is 19.4. The van der Waals surface area contributed by atoms with E-state index in [0.29, 0.717) is 18.8 Å². The number of carbonyl (C=O) groups excluding carboxylic acids is 1. The first-order valence-corrected chi connectivity index (χ1v) is 12.4. The Hall–Kier alpha value is -3.89. The Bertz CT molecular complexity index is 1360. The number of alkyl halides is 3. The number of ether oxygens (including phenoxy) is 1. The number of imidazole rings is 1. The van der Waals surface area contributed by atoms with Gasteiger partial charge in [0.2, 0.25) is 0 Å². The maximum Gasteiger partial charge on any atom is 0.490 e. The van der Waals surface area contributed by atoms with Crippen molar-refractivity contribution in [2.24, 2.45) is 5.92 Å². The van der Waals surface area contributed by atoms with Crippen LogP contribution in [0.3, 0.4) is 0 Å². The average Bonchev–Trinajstić information content (AvgIpc) is 3.60. The summed E-state index contributed by atoms with van der Waals surface area (Å²) in [5.74, 6) is -1.11. The minimum Gasteiger partial charge on any atom is -0.480 e. The molecule has 2 aliphatic heterocycles. The lowest BCUT2D eigenvalue weighted by molar-refractivity contribution is -0.192. The summed E-state index contributed by atoms with van der Waals surface area (Å²) in [5.41, 5.74) is 4.25. The summed E-state index contributed by atoms with van der Waals surface area (Å²) in [6, 6.07) is 13.8. The first kappa shape index (κ1) is 25.7. The number of carbonyl (C=O) groups is 2. The fourth-order valence-corrected chi connectivity index (χ4v) is 5.02. The lowest BCUT2D eigenvalue weighted by Crippen LogP contribution is -2.50. The maximum atomic E-state index is 13.0. The molecule has 200 valence electrons. The second-order valence-corrected chi connectivity index (χ2v) is 9.89. The van der Waals surface area contributed by atoms with Gasteiger partial charge in [-0.15, -0.1) is 0 Å². The highest BCUT2D eigenvalue weighted by Gasteiger charge is 2.47. The number of rotatable bonds is 3. The van der Waals surface area contributed by atoms with Gasteiger partial charge in [0, 0.05) is 43.7 Å². The van der Waals surface area contributed by atoms with Crippen molar-refractivity contribution in [3.05, 3.63) is 65.9 Å². The van der Waals surface area contributed by atoms with Gasteiger partial charge in [-0.3, -0.25) is 4.79 Å². The van der Waals surface area contributed by atoms with Crippen LogP contribution in [0.25, 0.3) is 11.3 Å². The zero-order valence-electron chi connectivity index (χ0n) is 20.7. The molecule has 3 aliphatic rings. The zero-order chi connectivity index (χ0) is 27.1. The van der Waals surface area contributed by atoms with Gasteiger partial charge in [-0.2, -0.15) is 13.2 Å². The van der Waals surface area contributed by atoms with Crippen molar-refractivity contribution in [3.63, 3.8) is 0 Å². The summed E-state index contributed by atoms with van der Waals surface area (Å²) >= 11 is 0. The number of halogens is 3. The summed E-state index contributed by atoms with van der Waals surface area (Å²) in [7, 11) is 0. The number of para-hydroxylation sites is 1. The number of hydrogen-bond acceptors (Lipinski definition) is 5. The fourth-order valence-electron chi connectivity index (χ4n) is 5.02. The molecule has 2 fully saturated rings. The molecule has 2 aromatic heterocycles. The van der Waals surface area contributed by atoms with Gasteiger partial charge in [0.15, 0.2) is 5.60 Å². The van der Waals surface area contributed by atoms with Crippen LogP contribution < -0.4 is 4.74 Å². The van der Waals surface area contributed by atoms with Crippen LogP contribution in [0.1, 0.15) is 47.6 Å². The molecule has 3 aromatic rings. The molecule has 1 N–H and O–H groups in total. The normalized spacial score (nSPS) is 17.5. The third kappa shape index (κ3) is 5.09. The number of aryl methyl sites for hydroxylation is 1. The monoisotopic (exact) mass is 528 g/mol. The second kappa shape index (κ2) is 9.77. The molecular weight excluding hydrogens is 501 g/mol. The highest BCUT2D eigenvalue weighted by molar-refractivity contribution is 5.92. The van der Waals surface area contributed by atoms with E-state index in [1.807, 2.05) is 48.5 Å². The maximum absolute atomic E-state index is 13.0. The van der Waals surface area contributed by atoms with Crippen LogP contribution in [0, 0.1) is 12.8 Å². The molecule has 6 rings (SSSR count). The van der Waals surface area contributed by atoms with E-state index < -0.39 is 17.7 Å². The number of piperidine rings is 1. The molecule has 1 aromatic carbocycles. The van der Waals surface area contributed by atoms with Crippen molar-refractivity contribution in [1.82, 2.24) is 19.4 Å². The van der Waals surface area contributed by atoms with Crippen molar-refractivity contribution >= 4 is 11.9 Å². The standard InChI is InChI=1S/C25H26N4O2.C2HF3O2/c1-17-5-4-7-20(27-17)24(30)28-13-11-25(12-14-28)23-22(19-6-2-3-8-21(19)31-25)26-16-29(23)15-18-9-10-18;3-2(4,5)1(6)7/h2-8,16,18H,9-15H2,1H3;(H,6,7). The molecule has 1 aliphatic carbocycles. The van der Waals surface area contributed by atoms with Gasteiger partial charge in [0.1, 0.15) is 11.4 Å². The Morgan fingerprint density at radius 1 is 1.11 bits per heavy atom. The highest BCUT2D eigenvalue weighted by Crippen LogP contribution is 2.49. The van der Waals surface area contributed by atoms with E-state index in [1.165, 1.54) is 18.5 Å². The Balaban J connectivity index is 0.000000374. The van der Waals surface area contributed by atoms with E-state index in [0.717, 1.165) is 48.0 Å². The van der Waals surface area contributed by atoms with Crippen molar-refractivity contribution in [2.45, 2.75) is 50.9 Å². The Kier molecular flexibility index (Phi) is 6.62. The summed E-state index contributed by atoms with van der Waals surface area (Å²) < 4.78 is 40.8. The lowest BCUT2D eigenvalue weighted by atomic mass is 9.83. The molecule has 11 heteroatoms. The molecule has 8 nitrogen and oxygen atoms in total. The minimum absolute atomic E-state index is 0.00136. The average molecular weight is 529 g/mol. The molecule has 4 heterocycles. The zero-order valence-corrected chi connectivity index (χ0v) is 20.7. The topological polar surface area (TPSA) is 97.6 Å². The SMILES string of the molecule is Cc1cccc(C(=O)N2CCC3(CC2)Oc2ccccc2-c2ncn(CC4CC4)c23)n1.O=C(O)C(F)(F)F. The van der Waals surface area contributed by atoms with Gasteiger partial charge in [-0.1, -0.05) is 18.2 Å². The van der Waals surface area contributed by atoms with Gasteiger partial charge in [-0.05, 0) is 49.9 Å². The Morgan fingerprint density at radius 3 is 2.42 bits per heavy atom. The van der Waals surface area contributed by atoms with Crippen LogP contribution >= 0.6 is 0 Å². The molecule has 0 atom stereocenters. The third-order valence-electron chi connectivity index (χ3n) is 7.08. The van der Waals surface area contributed by atoms with E-state index in [1.54, 1.807) is 6.07 Å². The van der Waals surface area contributed by atoms with E-state index in [2.05, 4.69) is 15.6 Å². The van der Waals surface area contributed by atoms with Crippen LogP contribution in [-0.2, 0) is 16.9 Å². The second-order valence-electron chi connectivity index (χ2n) is 9.89. The van der Waals surface area contributed by atoms with E-state index in [4.69, 9.17) is 19.6 Å². The number of benzene rings is 1. The smallest absolute Gasteiger partial charge is 0.480 e. The number of aliphatic carboxylic acids is 1. The number of carboxylic acids is 1. The lowest BCUT2D eigenvalue weighted by Gasteiger charge is -2.44. The first-order chi connectivity index (χ1) is 18.1. The third-order valence-corrected chi connectivity index (χ3v) is 7.08. The van der Waals surface area contributed by atoms with Gasteiger partial charge in [0.05, 0.1) is 17.7 Å². The molecule has 1 spiro atoms. The van der Waals surface area contributed by atoms with Crippen molar-refractivity contribution in [3.8, 4) is 17.0 Å². The van der Waals surface area contributed by atoms with E-state index in [-0.39, 0.29) is 5.91 Å². The van der Waals surface area contributed by atoms with Crippen LogP contribution in [-0.4, -0.2) is 55.7 Å². The summed E-state index contributed by atoms with van der Waals surface area (Å²) in [4.78, 5) is 33.1. The summed E-state index contributed by atoms with van der Waals surface area (Å²) in [5, 5.41) is 7.12. The Labute approximate surface area is 217 Å². The number of pyridine rings is 1. The predicted molar refractivity (Wildman–Crippen MR) is 130 cm³/mol. The van der Waals surface area contributed by atoms with E-state index in [9.17, 15) is 18.0 Å². The van der Waals surface area contributed by atoms with Crippen molar-refractivity contribution in [2.75, 3.05) is 13.1 Å². The molecule has 1 saturated carbocycles. The van der Waals surface area contributed by atoms with Crippen molar-refractivity contribution < 1.29 is 32.6 Å². The van der Waals surface area contributed by atoms with E-state index >= 15 is 0 Å². The van der Waals surface area contributed by atoms with Gasteiger partial charge in [-0.25, -0.2) is 14.8 Å². The number of amides is 1. The number of hydrogen-bond donors (Lipinski definition) is 1. The molecule has 0 unspecified atom stereocenters. The van der Waals surface area contributed by atoms with Crippen molar-refractivity contribution in [1.29, 1.82) is 0 Å². The van der Waals surface area contributed by atoms with Gasteiger partial charge in [0.25, 0.3) is 5.91 Å². The number of carboxylic acid groups (broad SMARTS) is 1. The Morgan fingerprint density at radius 2 is 1.79 bits per heavy atom. The first-order valence-electron chi connectivity index (χ1n) is 12.4. The van der Waals surface area contributed by atoms with Crippen LogP contribution in [0.5, 0.6) is 5.75 Å². The van der Waals surface area contributed by atoms with Crippen LogP contribution in [0.15, 0.2) is 48.8 Å². The van der Waals surface area contributed by atoms with Gasteiger partial charge >= 0.3 is 12.1 Å². The molecule has 1 saturated heterocycles. The number of nitrogens with zero attached hydrogens (tertiary/aromatic N) is 4.